The molecule has 0 bridgehead atoms. The number of anilines is 4. The summed E-state index contributed by atoms with van der Waals surface area (Å²) in [6.07, 6.45) is 2.59. The molecule has 0 aliphatic carbocycles. The fourth-order valence-corrected chi connectivity index (χ4v) is 5.01. The Morgan fingerprint density at radius 1 is 1.05 bits per heavy atom. The van der Waals surface area contributed by atoms with E-state index < -0.39 is 11.6 Å². The van der Waals surface area contributed by atoms with Crippen molar-refractivity contribution in [2.45, 2.75) is 13.3 Å². The van der Waals surface area contributed by atoms with Gasteiger partial charge in [-0.05, 0) is 43.0 Å². The number of methoxy groups -OCH3 is 2. The molecule has 0 radical (unpaired) electrons. The number of nitrogens with one attached hydrogen (secondary N) is 2. The summed E-state index contributed by atoms with van der Waals surface area (Å²) in [5, 5.41) is 6.83. The Bertz CT molecular complexity index is 1590. The molecule has 11 heteroatoms. The van der Waals surface area contributed by atoms with Crippen LogP contribution < -0.4 is 25.0 Å². The van der Waals surface area contributed by atoms with Gasteiger partial charge in [0.15, 0.2) is 28.7 Å². The van der Waals surface area contributed by atoms with E-state index in [0.29, 0.717) is 33.9 Å². The number of hydrogen-bond acceptors (Lipinski definition) is 8. The van der Waals surface area contributed by atoms with Crippen LogP contribution in [0.25, 0.3) is 11.0 Å². The summed E-state index contributed by atoms with van der Waals surface area (Å²) in [6, 6.07) is 10.5. The highest BCUT2D eigenvalue weighted by Gasteiger charge is 2.22. The van der Waals surface area contributed by atoms with E-state index in [1.807, 2.05) is 18.2 Å². The molecule has 1 amide bonds. The fourth-order valence-electron chi connectivity index (χ4n) is 5.01. The lowest BCUT2D eigenvalue weighted by Crippen LogP contribution is -2.46. The second-order valence-corrected chi connectivity index (χ2v) is 9.85. The minimum absolute atomic E-state index is 0.124. The molecule has 0 saturated carbocycles. The number of furan rings is 1. The molecule has 2 aromatic heterocycles. The third-order valence-electron chi connectivity index (χ3n) is 7.36. The number of fused-ring (bicyclic) bond motifs is 1. The van der Waals surface area contributed by atoms with Gasteiger partial charge in [-0.3, -0.25) is 4.79 Å². The van der Waals surface area contributed by atoms with Crippen molar-refractivity contribution in [3.63, 3.8) is 0 Å². The van der Waals surface area contributed by atoms with Crippen molar-refractivity contribution >= 4 is 39.8 Å². The van der Waals surface area contributed by atoms with Crippen LogP contribution in [0.2, 0.25) is 0 Å². The highest BCUT2D eigenvalue weighted by Crippen LogP contribution is 2.35. The smallest absolute Gasteiger partial charge is 0.247 e. The molecule has 0 atom stereocenters. The normalized spacial score (nSPS) is 13.7. The highest BCUT2D eigenvalue weighted by atomic mass is 19.1. The Kier molecular flexibility index (Phi) is 8.58. The minimum Gasteiger partial charge on any atom is -0.494 e. The number of pyridine rings is 1. The van der Waals surface area contributed by atoms with Gasteiger partial charge in [0.05, 0.1) is 31.8 Å². The van der Waals surface area contributed by atoms with Crippen molar-refractivity contribution in [2.75, 3.05) is 62.5 Å². The molecule has 0 unspecified atom stereocenters. The van der Waals surface area contributed by atoms with Gasteiger partial charge in [-0.2, -0.15) is 0 Å². The first-order valence-corrected chi connectivity index (χ1v) is 13.6. The number of carbonyl (C=O) groups is 1. The largest absolute Gasteiger partial charge is 0.494 e. The summed E-state index contributed by atoms with van der Waals surface area (Å²) in [6.45, 7) is 10.5. The highest BCUT2D eigenvalue weighted by molar-refractivity contribution is 6.02. The van der Waals surface area contributed by atoms with E-state index >= 15 is 0 Å². The Balaban J connectivity index is 1.40. The van der Waals surface area contributed by atoms with Crippen LogP contribution >= 0.6 is 0 Å². The van der Waals surface area contributed by atoms with E-state index in [4.69, 9.17) is 13.9 Å². The number of likely N-dealkylation sites (N-methyl/N-ethyl adjacent to an activating group) is 1. The molecule has 1 fully saturated rings. The van der Waals surface area contributed by atoms with Crippen LogP contribution in [-0.4, -0.2) is 62.7 Å². The molecule has 220 valence electrons. The molecule has 1 saturated heterocycles. The predicted molar refractivity (Wildman–Crippen MR) is 159 cm³/mol. The predicted octanol–water partition coefficient (Wildman–Crippen LogP) is 5.72. The topological polar surface area (TPSA) is 92.1 Å². The first kappa shape index (κ1) is 28.9. The number of hydrogen-bond donors (Lipinski definition) is 2. The first-order valence-electron chi connectivity index (χ1n) is 13.6. The average Bonchev–Trinajstić information content (AvgIpc) is 3.42. The lowest BCUT2D eigenvalue weighted by molar-refractivity contribution is -0.111. The molecule has 1 aliphatic heterocycles. The van der Waals surface area contributed by atoms with Gasteiger partial charge < -0.3 is 34.3 Å². The molecule has 2 aromatic carbocycles. The summed E-state index contributed by atoms with van der Waals surface area (Å²) < 4.78 is 45.7. The van der Waals surface area contributed by atoms with Crippen LogP contribution in [0, 0.1) is 11.6 Å². The lowest BCUT2D eigenvalue weighted by Gasteiger charge is -2.35. The molecule has 5 rings (SSSR count). The number of halogens is 2. The summed E-state index contributed by atoms with van der Waals surface area (Å²) in [5.74, 6) is -1.38. The Morgan fingerprint density at radius 2 is 1.76 bits per heavy atom. The quantitative estimate of drug-likeness (QED) is 0.231. The zero-order chi connectivity index (χ0) is 29.8. The van der Waals surface area contributed by atoms with Gasteiger partial charge in [0, 0.05) is 55.3 Å². The third-order valence-corrected chi connectivity index (χ3v) is 7.36. The number of carbonyl (C=O) groups excluding carboxylic acids is 1. The summed E-state index contributed by atoms with van der Waals surface area (Å²) >= 11 is 0. The first-order chi connectivity index (χ1) is 20.3. The molecular weight excluding hydrogens is 544 g/mol. The van der Waals surface area contributed by atoms with Crippen molar-refractivity contribution in [1.29, 1.82) is 0 Å². The van der Waals surface area contributed by atoms with E-state index in [1.165, 1.54) is 32.6 Å². The van der Waals surface area contributed by atoms with Gasteiger partial charge in [0.25, 0.3) is 0 Å². The van der Waals surface area contributed by atoms with E-state index in [2.05, 4.69) is 38.9 Å². The zero-order valence-electron chi connectivity index (χ0n) is 23.8. The monoisotopic (exact) mass is 577 g/mol. The maximum Gasteiger partial charge on any atom is 0.247 e. The Hall–Kier alpha value is -4.64. The molecule has 2 N–H and O–H groups in total. The van der Waals surface area contributed by atoms with Gasteiger partial charge in [-0.15, -0.1) is 0 Å². The molecule has 42 heavy (non-hydrogen) atoms. The van der Waals surface area contributed by atoms with Gasteiger partial charge >= 0.3 is 0 Å². The van der Waals surface area contributed by atoms with Crippen molar-refractivity contribution in [2.24, 2.45) is 0 Å². The number of aromatic nitrogens is 1. The summed E-state index contributed by atoms with van der Waals surface area (Å²) in [4.78, 5) is 21.4. The number of ether oxygens (including phenoxy) is 2. The molecule has 1 aliphatic rings. The zero-order valence-corrected chi connectivity index (χ0v) is 23.8. The Labute approximate surface area is 242 Å². The maximum absolute atomic E-state index is 14.9. The van der Waals surface area contributed by atoms with Crippen molar-refractivity contribution in [1.82, 2.24) is 9.88 Å². The van der Waals surface area contributed by atoms with Gasteiger partial charge in [0.2, 0.25) is 5.91 Å². The summed E-state index contributed by atoms with van der Waals surface area (Å²) in [5.41, 5.74) is 2.46. The second-order valence-electron chi connectivity index (χ2n) is 9.85. The molecule has 9 nitrogen and oxygen atoms in total. The van der Waals surface area contributed by atoms with Crippen LogP contribution in [0.3, 0.4) is 0 Å². The van der Waals surface area contributed by atoms with Crippen LogP contribution in [0.1, 0.15) is 18.2 Å². The molecule has 0 spiro atoms. The number of amides is 1. The van der Waals surface area contributed by atoms with Gasteiger partial charge in [-0.1, -0.05) is 13.5 Å². The number of rotatable bonds is 10. The van der Waals surface area contributed by atoms with E-state index in [0.717, 1.165) is 38.4 Å². The molecular formula is C31H33F2N5O4. The standard InChI is InChI=1S/C31H33F2N5O4/c1-5-29(39)36-24-15-20(38-11-9-37(6-2)10-12-38)7-8-23(24)35-28-14-19-13-21(42-27(19)18-34-28)16-22-30(32)25(40-3)17-26(41-4)31(22)33/h5,7-8,13-15,17-18H,1,6,9-12,16H2,2-4H3,(H,34,35)(H,36,39). The number of benzene rings is 2. The molecule has 3 heterocycles. The Morgan fingerprint density at radius 3 is 2.40 bits per heavy atom. The van der Waals surface area contributed by atoms with Crippen molar-refractivity contribution in [3.05, 3.63) is 78.2 Å². The second kappa shape index (κ2) is 12.5. The third kappa shape index (κ3) is 6.01. The van der Waals surface area contributed by atoms with E-state index in [1.54, 1.807) is 12.1 Å². The van der Waals surface area contributed by atoms with Crippen LogP contribution in [0.15, 0.2) is 59.7 Å². The van der Waals surface area contributed by atoms with E-state index in [-0.39, 0.29) is 29.4 Å². The van der Waals surface area contributed by atoms with Gasteiger partial charge in [-0.25, -0.2) is 13.8 Å². The van der Waals surface area contributed by atoms with E-state index in [9.17, 15) is 13.6 Å². The minimum atomic E-state index is -0.818. The number of piperazine rings is 1. The fraction of sp³-hybridized carbons (Fsp3) is 0.290. The number of nitrogens with zero attached hydrogens (tertiary/aromatic N) is 3. The van der Waals surface area contributed by atoms with Crippen molar-refractivity contribution < 1.29 is 27.5 Å². The van der Waals surface area contributed by atoms with Gasteiger partial charge in [0.1, 0.15) is 11.6 Å². The summed E-state index contributed by atoms with van der Waals surface area (Å²) in [7, 11) is 2.60. The SMILES string of the molecule is C=CC(=O)Nc1cc(N2CCN(CC)CC2)ccc1Nc1cc2cc(Cc3c(F)c(OC)cc(OC)c3F)oc2cn1. The molecule has 4 aromatic rings. The average molecular weight is 578 g/mol. The van der Waals surface area contributed by atoms with Crippen LogP contribution in [0.5, 0.6) is 11.5 Å². The maximum atomic E-state index is 14.9. The van der Waals surface area contributed by atoms with Crippen LogP contribution in [0.4, 0.5) is 31.7 Å². The lowest BCUT2D eigenvalue weighted by atomic mass is 10.1. The van der Waals surface area contributed by atoms with Crippen molar-refractivity contribution in [3.8, 4) is 11.5 Å². The van der Waals surface area contributed by atoms with Crippen LogP contribution in [-0.2, 0) is 11.2 Å².